The number of fused-ring (bicyclic) bond motifs is 1. The van der Waals surface area contributed by atoms with Crippen molar-refractivity contribution in [1.82, 2.24) is 9.78 Å². The highest BCUT2D eigenvalue weighted by atomic mass is 16.4. The van der Waals surface area contributed by atoms with Crippen molar-refractivity contribution in [3.8, 4) is 6.07 Å². The summed E-state index contributed by atoms with van der Waals surface area (Å²) < 4.78 is 2.18. The number of benzene rings is 1. The summed E-state index contributed by atoms with van der Waals surface area (Å²) in [6, 6.07) is 9.36. The Bertz CT molecular complexity index is 881. The largest absolute Gasteiger partial charge is 0.481 e. The van der Waals surface area contributed by atoms with E-state index in [0.29, 0.717) is 31.7 Å². The van der Waals surface area contributed by atoms with Gasteiger partial charge in [0, 0.05) is 5.39 Å². The van der Waals surface area contributed by atoms with E-state index in [1.807, 2.05) is 0 Å². The second-order valence-corrected chi connectivity index (χ2v) is 7.87. The van der Waals surface area contributed by atoms with E-state index in [4.69, 9.17) is 5.10 Å². The van der Waals surface area contributed by atoms with Crippen molar-refractivity contribution < 1.29 is 9.90 Å². The lowest BCUT2D eigenvalue weighted by Gasteiger charge is -2.34. The summed E-state index contributed by atoms with van der Waals surface area (Å²) in [7, 11) is 0. The molecule has 1 aromatic carbocycles. The van der Waals surface area contributed by atoms with Crippen LogP contribution in [0.1, 0.15) is 69.2 Å². The molecule has 4 rings (SSSR count). The Kier molecular flexibility index (Phi) is 4.22. The van der Waals surface area contributed by atoms with Gasteiger partial charge < -0.3 is 5.11 Å². The van der Waals surface area contributed by atoms with E-state index < -0.39 is 11.4 Å². The summed E-state index contributed by atoms with van der Waals surface area (Å²) in [6.07, 6.45) is 6.88. The summed E-state index contributed by atoms with van der Waals surface area (Å²) in [5, 5.41) is 25.3. The summed E-state index contributed by atoms with van der Waals surface area (Å²) >= 11 is 0. The second kappa shape index (κ2) is 6.42. The maximum atomic E-state index is 11.3. The minimum absolute atomic E-state index is 0.313. The van der Waals surface area contributed by atoms with Crippen molar-refractivity contribution >= 4 is 16.9 Å². The summed E-state index contributed by atoms with van der Waals surface area (Å²) in [6.45, 7) is 2.13. The quantitative estimate of drug-likeness (QED) is 0.887. The van der Waals surface area contributed by atoms with Crippen molar-refractivity contribution in [2.75, 3.05) is 0 Å². The van der Waals surface area contributed by atoms with Crippen LogP contribution in [0.5, 0.6) is 0 Å². The molecule has 0 radical (unpaired) electrons. The molecule has 0 saturated heterocycles. The molecule has 1 heterocycles. The minimum Gasteiger partial charge on any atom is -0.481 e. The first kappa shape index (κ1) is 17.1. The number of nitrogens with zero attached hydrogens (tertiary/aromatic N) is 3. The van der Waals surface area contributed by atoms with Gasteiger partial charge in [-0.25, -0.2) is 0 Å². The van der Waals surface area contributed by atoms with Gasteiger partial charge in [0.15, 0.2) is 0 Å². The average molecular weight is 351 g/mol. The Hall–Kier alpha value is -2.35. The van der Waals surface area contributed by atoms with Crippen LogP contribution in [0, 0.1) is 17.2 Å². The van der Waals surface area contributed by atoms with Gasteiger partial charge in [-0.05, 0) is 63.0 Å². The summed E-state index contributed by atoms with van der Waals surface area (Å²) in [5.41, 5.74) is 2.72. The first-order chi connectivity index (χ1) is 12.6. The van der Waals surface area contributed by atoms with E-state index in [1.54, 1.807) is 0 Å². The zero-order chi connectivity index (χ0) is 18.3. The maximum Gasteiger partial charge on any atom is 0.306 e. The number of carboxylic acids is 1. The molecule has 1 N–H and O–H groups in total. The van der Waals surface area contributed by atoms with Gasteiger partial charge in [0.1, 0.15) is 0 Å². The molecular weight excluding hydrogens is 326 g/mol. The Morgan fingerprint density at radius 2 is 2.08 bits per heavy atom. The van der Waals surface area contributed by atoms with E-state index in [2.05, 4.69) is 35.9 Å². The van der Waals surface area contributed by atoms with Crippen molar-refractivity contribution in [1.29, 1.82) is 5.26 Å². The number of carboxylic acid groups (broad SMARTS) is 1. The lowest BCUT2D eigenvalue weighted by molar-refractivity contribution is -0.143. The van der Waals surface area contributed by atoms with E-state index in [-0.39, 0.29) is 5.92 Å². The van der Waals surface area contributed by atoms with E-state index in [9.17, 15) is 15.2 Å². The van der Waals surface area contributed by atoms with Crippen LogP contribution in [-0.4, -0.2) is 20.9 Å². The summed E-state index contributed by atoms with van der Waals surface area (Å²) in [5.74, 6) is -1.05. The molecule has 0 atom stereocenters. The highest BCUT2D eigenvalue weighted by Crippen LogP contribution is 2.43. The Balaban J connectivity index is 1.74. The Morgan fingerprint density at radius 1 is 1.35 bits per heavy atom. The predicted molar refractivity (Wildman–Crippen MR) is 98.9 cm³/mol. The van der Waals surface area contributed by atoms with Gasteiger partial charge in [0.05, 0.1) is 34.7 Å². The molecule has 2 aliphatic carbocycles. The number of aryl methyl sites for hydroxylation is 1. The molecule has 2 saturated carbocycles. The van der Waals surface area contributed by atoms with Gasteiger partial charge in [-0.15, -0.1) is 0 Å². The second-order valence-electron chi connectivity index (χ2n) is 7.87. The maximum absolute atomic E-state index is 11.3. The van der Waals surface area contributed by atoms with Crippen LogP contribution >= 0.6 is 0 Å². The number of nitriles is 1. The van der Waals surface area contributed by atoms with Crippen LogP contribution in [0.2, 0.25) is 0 Å². The van der Waals surface area contributed by atoms with Gasteiger partial charge in [-0.2, -0.15) is 10.4 Å². The standard InChI is InChI=1S/C21H25N3O2/c1-2-18-17-7-6-15(12-19(17)24(23-18)16-4-3-5-16)21(13-22)10-8-14(9-11-21)20(25)26/h6-7,12,14,16H,2-5,8-11H2,1H3,(H,25,26). The highest BCUT2D eigenvalue weighted by Gasteiger charge is 2.39. The molecule has 26 heavy (non-hydrogen) atoms. The van der Waals surface area contributed by atoms with Crippen LogP contribution in [0.4, 0.5) is 0 Å². The van der Waals surface area contributed by atoms with Crippen LogP contribution < -0.4 is 0 Å². The van der Waals surface area contributed by atoms with E-state index in [0.717, 1.165) is 23.2 Å². The van der Waals surface area contributed by atoms with Gasteiger partial charge in [0.2, 0.25) is 0 Å². The van der Waals surface area contributed by atoms with Gasteiger partial charge in [-0.3, -0.25) is 9.48 Å². The third-order valence-electron chi connectivity index (χ3n) is 6.49. The number of carbonyl (C=O) groups is 1. The third kappa shape index (κ3) is 2.59. The van der Waals surface area contributed by atoms with Crippen molar-refractivity contribution in [2.45, 2.75) is 69.7 Å². The van der Waals surface area contributed by atoms with Crippen molar-refractivity contribution in [3.63, 3.8) is 0 Å². The van der Waals surface area contributed by atoms with E-state index in [1.165, 1.54) is 24.6 Å². The third-order valence-corrected chi connectivity index (χ3v) is 6.49. The van der Waals surface area contributed by atoms with Gasteiger partial charge >= 0.3 is 5.97 Å². The van der Waals surface area contributed by atoms with Gasteiger partial charge in [0.25, 0.3) is 0 Å². The highest BCUT2D eigenvalue weighted by molar-refractivity contribution is 5.83. The minimum atomic E-state index is -0.734. The molecule has 0 unspecified atom stereocenters. The monoisotopic (exact) mass is 351 g/mol. The molecule has 0 amide bonds. The van der Waals surface area contributed by atoms with Gasteiger partial charge in [-0.1, -0.05) is 19.1 Å². The topological polar surface area (TPSA) is 78.9 Å². The summed E-state index contributed by atoms with van der Waals surface area (Å²) in [4.78, 5) is 11.3. The molecule has 0 spiro atoms. The zero-order valence-corrected chi connectivity index (χ0v) is 15.2. The SMILES string of the molecule is CCc1nn(C2CCC2)c2cc(C3(C#N)CCC(C(=O)O)CC3)ccc12. The molecule has 0 aliphatic heterocycles. The average Bonchev–Trinajstić information content (AvgIpc) is 2.98. The molecule has 2 fully saturated rings. The fourth-order valence-electron chi connectivity index (χ4n) is 4.49. The molecule has 2 aliphatic rings. The molecule has 136 valence electrons. The lowest BCUT2D eigenvalue weighted by atomic mass is 9.67. The smallest absolute Gasteiger partial charge is 0.306 e. The van der Waals surface area contributed by atoms with Crippen molar-refractivity contribution in [3.05, 3.63) is 29.5 Å². The fraction of sp³-hybridized carbons (Fsp3) is 0.571. The number of aliphatic carboxylic acids is 1. The number of rotatable bonds is 4. The normalized spacial score (nSPS) is 26.4. The lowest BCUT2D eigenvalue weighted by Crippen LogP contribution is -2.33. The molecular formula is C21H25N3O2. The number of hydrogen-bond acceptors (Lipinski definition) is 3. The first-order valence-corrected chi connectivity index (χ1v) is 9.73. The van der Waals surface area contributed by atoms with Crippen LogP contribution in [0.3, 0.4) is 0 Å². The van der Waals surface area contributed by atoms with Crippen LogP contribution in [0.25, 0.3) is 10.9 Å². The van der Waals surface area contributed by atoms with Crippen LogP contribution in [0.15, 0.2) is 18.2 Å². The zero-order valence-electron chi connectivity index (χ0n) is 15.2. The Morgan fingerprint density at radius 3 is 2.62 bits per heavy atom. The predicted octanol–water partition coefficient (Wildman–Crippen LogP) is 4.36. The first-order valence-electron chi connectivity index (χ1n) is 9.73. The molecule has 0 bridgehead atoms. The molecule has 5 heteroatoms. The molecule has 2 aromatic rings. The van der Waals surface area contributed by atoms with Crippen molar-refractivity contribution in [2.24, 2.45) is 5.92 Å². The van der Waals surface area contributed by atoms with Crippen LogP contribution in [-0.2, 0) is 16.6 Å². The molecule has 1 aromatic heterocycles. The molecule has 5 nitrogen and oxygen atoms in total. The number of hydrogen-bond donors (Lipinski definition) is 1. The number of aromatic nitrogens is 2. The van der Waals surface area contributed by atoms with E-state index >= 15 is 0 Å². The Labute approximate surface area is 153 Å². The fourth-order valence-corrected chi connectivity index (χ4v) is 4.49.